The fourth-order valence-electron chi connectivity index (χ4n) is 3.84. The van der Waals surface area contributed by atoms with Crippen molar-refractivity contribution in [2.75, 3.05) is 13.2 Å². The van der Waals surface area contributed by atoms with Crippen molar-refractivity contribution in [2.45, 2.75) is 54.0 Å². The van der Waals surface area contributed by atoms with E-state index in [0.717, 1.165) is 0 Å². The predicted molar refractivity (Wildman–Crippen MR) is 122 cm³/mol. The summed E-state index contributed by atoms with van der Waals surface area (Å²) in [5.74, 6) is -1.35. The molecular weight excluding hydrogens is 411 g/mol. The van der Waals surface area contributed by atoms with E-state index in [4.69, 9.17) is 4.74 Å². The average Bonchev–Trinajstić information content (AvgIpc) is 2.95. The number of rotatable bonds is 9. The predicted octanol–water partition coefficient (Wildman–Crippen LogP) is 4.72. The number of hydrogen-bond donors (Lipinski definition) is 0. The van der Waals surface area contributed by atoms with Crippen molar-refractivity contribution in [3.05, 3.63) is 58.2 Å². The molecule has 0 aliphatic carbocycles. The number of halogens is 1. The van der Waals surface area contributed by atoms with Crippen molar-refractivity contribution in [2.24, 2.45) is 13.0 Å². The van der Waals surface area contributed by atoms with Crippen molar-refractivity contribution >= 4 is 17.7 Å². The second-order valence-corrected chi connectivity index (χ2v) is 8.45. The zero-order valence-corrected chi connectivity index (χ0v) is 20.0. The average molecular weight is 445 g/mol. The fourth-order valence-corrected chi connectivity index (χ4v) is 3.84. The number of carbonyl (C=O) groups excluding carboxylic acids is 3. The summed E-state index contributed by atoms with van der Waals surface area (Å²) in [7, 11) is 1.71. The number of ether oxygens (including phenoxy) is 1. The summed E-state index contributed by atoms with van der Waals surface area (Å²) in [6, 6.07) is 4.69. The summed E-state index contributed by atoms with van der Waals surface area (Å²) < 4.78 is 20.5. The molecule has 1 unspecified atom stereocenters. The molecule has 0 bridgehead atoms. The Morgan fingerprint density at radius 1 is 1.16 bits per heavy atom. The molecule has 0 N–H and O–H groups in total. The van der Waals surface area contributed by atoms with Crippen LogP contribution in [0.4, 0.5) is 4.39 Å². The zero-order chi connectivity index (χ0) is 24.2. The van der Waals surface area contributed by atoms with Crippen LogP contribution in [0.25, 0.3) is 0 Å². The highest BCUT2D eigenvalue weighted by molar-refractivity contribution is 6.07. The van der Waals surface area contributed by atoms with Crippen molar-refractivity contribution in [3.8, 4) is 0 Å². The van der Waals surface area contributed by atoms with Crippen LogP contribution in [0.5, 0.6) is 0 Å². The molecular formula is C25H33FN2O4. The van der Waals surface area contributed by atoms with Crippen LogP contribution in [0.3, 0.4) is 0 Å². The Hall–Kier alpha value is -2.96. The van der Waals surface area contributed by atoms with Crippen LogP contribution in [0.2, 0.25) is 0 Å². The third-order valence-corrected chi connectivity index (χ3v) is 5.77. The Bertz CT molecular complexity index is 1010. The fraction of sp³-hybridized carbons (Fsp3) is 0.480. The Balaban J connectivity index is 2.46. The first-order valence-electron chi connectivity index (χ1n) is 10.9. The van der Waals surface area contributed by atoms with E-state index in [1.54, 1.807) is 45.4 Å². The Kier molecular flexibility index (Phi) is 8.36. The third kappa shape index (κ3) is 5.26. The number of carbonyl (C=O) groups is 3. The molecule has 32 heavy (non-hydrogen) atoms. The van der Waals surface area contributed by atoms with Gasteiger partial charge in [-0.1, -0.05) is 19.9 Å². The van der Waals surface area contributed by atoms with Crippen LogP contribution in [0.15, 0.2) is 24.3 Å². The SMILES string of the molecule is CCOC(=O)c1c(C)c(C(=O)C(C)N(CCC(C)C)C(=O)c2cccc(F)c2)c(C)n1C. The van der Waals surface area contributed by atoms with Gasteiger partial charge in [-0.2, -0.15) is 0 Å². The smallest absolute Gasteiger partial charge is 0.355 e. The maximum absolute atomic E-state index is 13.7. The molecule has 7 heteroatoms. The molecule has 1 atom stereocenters. The first kappa shape index (κ1) is 25.3. The molecule has 2 rings (SSSR count). The van der Waals surface area contributed by atoms with Crippen LogP contribution in [-0.2, 0) is 11.8 Å². The number of nitrogens with zero attached hydrogens (tertiary/aromatic N) is 2. The summed E-state index contributed by atoms with van der Waals surface area (Å²) in [6.07, 6.45) is 0.694. The molecule has 0 fully saturated rings. The van der Waals surface area contributed by atoms with Crippen molar-refractivity contribution in [1.82, 2.24) is 9.47 Å². The molecule has 0 saturated carbocycles. The second-order valence-electron chi connectivity index (χ2n) is 8.45. The van der Waals surface area contributed by atoms with E-state index in [1.807, 2.05) is 13.8 Å². The number of esters is 1. The van der Waals surface area contributed by atoms with Gasteiger partial charge >= 0.3 is 5.97 Å². The maximum Gasteiger partial charge on any atom is 0.355 e. The summed E-state index contributed by atoms with van der Waals surface area (Å²) in [5.41, 5.74) is 2.09. The number of Topliss-reactive ketones (excluding diaryl/α,β-unsaturated/α-hetero) is 1. The van der Waals surface area contributed by atoms with Gasteiger partial charge in [0.15, 0.2) is 5.78 Å². The van der Waals surface area contributed by atoms with Crippen LogP contribution >= 0.6 is 0 Å². The van der Waals surface area contributed by atoms with Crippen molar-refractivity contribution in [1.29, 1.82) is 0 Å². The first-order chi connectivity index (χ1) is 15.0. The summed E-state index contributed by atoms with van der Waals surface area (Å²) in [4.78, 5) is 40.8. The van der Waals surface area contributed by atoms with E-state index in [0.29, 0.717) is 41.4 Å². The largest absolute Gasteiger partial charge is 0.461 e. The summed E-state index contributed by atoms with van der Waals surface area (Å²) in [5, 5.41) is 0. The van der Waals surface area contributed by atoms with Crippen LogP contribution in [0.1, 0.15) is 76.6 Å². The van der Waals surface area contributed by atoms with E-state index in [-0.39, 0.29) is 18.0 Å². The number of ketones is 1. The lowest BCUT2D eigenvalue weighted by atomic mass is 9.98. The maximum atomic E-state index is 13.7. The Morgan fingerprint density at radius 3 is 2.38 bits per heavy atom. The normalized spacial score (nSPS) is 12.0. The third-order valence-electron chi connectivity index (χ3n) is 5.77. The zero-order valence-electron chi connectivity index (χ0n) is 20.0. The number of hydrogen-bond acceptors (Lipinski definition) is 4. The van der Waals surface area contributed by atoms with E-state index in [1.165, 1.54) is 23.1 Å². The topological polar surface area (TPSA) is 68.6 Å². The van der Waals surface area contributed by atoms with Gasteiger partial charge in [-0.15, -0.1) is 0 Å². The highest BCUT2D eigenvalue weighted by Gasteiger charge is 2.33. The standard InChI is InChI=1S/C25H33FN2O4/c1-8-32-25(31)22-16(4)21(17(5)27(22)7)23(29)18(6)28(13-12-15(2)3)24(30)19-10-9-11-20(26)14-19/h9-11,14-15,18H,8,12-13H2,1-7H3. The second kappa shape index (κ2) is 10.6. The molecule has 1 aromatic heterocycles. The molecule has 6 nitrogen and oxygen atoms in total. The minimum absolute atomic E-state index is 0.196. The molecule has 2 aromatic rings. The molecule has 0 spiro atoms. The van der Waals surface area contributed by atoms with Gasteiger partial charge in [-0.05, 0) is 63.8 Å². The lowest BCUT2D eigenvalue weighted by Crippen LogP contribution is -2.44. The lowest BCUT2D eigenvalue weighted by molar-refractivity contribution is 0.0513. The molecule has 0 radical (unpaired) electrons. The number of amides is 1. The van der Waals surface area contributed by atoms with Gasteiger partial charge in [-0.3, -0.25) is 9.59 Å². The molecule has 174 valence electrons. The molecule has 1 heterocycles. The first-order valence-corrected chi connectivity index (χ1v) is 10.9. The Labute approximate surface area is 189 Å². The van der Waals surface area contributed by atoms with Gasteiger partial charge in [0.1, 0.15) is 11.5 Å². The van der Waals surface area contributed by atoms with Gasteiger partial charge in [0.25, 0.3) is 5.91 Å². The van der Waals surface area contributed by atoms with Crippen molar-refractivity contribution in [3.63, 3.8) is 0 Å². The van der Waals surface area contributed by atoms with Crippen LogP contribution in [-0.4, -0.2) is 46.3 Å². The summed E-state index contributed by atoms with van der Waals surface area (Å²) >= 11 is 0. The highest BCUT2D eigenvalue weighted by Crippen LogP contribution is 2.25. The molecule has 0 aliphatic rings. The number of aromatic nitrogens is 1. The van der Waals surface area contributed by atoms with Gasteiger partial charge in [0.2, 0.25) is 0 Å². The van der Waals surface area contributed by atoms with Crippen LogP contribution < -0.4 is 0 Å². The Morgan fingerprint density at radius 2 is 1.81 bits per heavy atom. The van der Waals surface area contributed by atoms with Gasteiger partial charge < -0.3 is 14.2 Å². The van der Waals surface area contributed by atoms with Gasteiger partial charge in [0.05, 0.1) is 12.6 Å². The van der Waals surface area contributed by atoms with Crippen molar-refractivity contribution < 1.29 is 23.5 Å². The quantitative estimate of drug-likeness (QED) is 0.415. The molecule has 1 aromatic carbocycles. The van der Waals surface area contributed by atoms with Crippen LogP contribution in [0, 0.1) is 25.6 Å². The van der Waals surface area contributed by atoms with E-state index in [2.05, 4.69) is 0 Å². The highest BCUT2D eigenvalue weighted by atomic mass is 19.1. The molecule has 1 amide bonds. The van der Waals surface area contributed by atoms with E-state index >= 15 is 0 Å². The minimum atomic E-state index is -0.792. The number of benzene rings is 1. The summed E-state index contributed by atoms with van der Waals surface area (Å²) in [6.45, 7) is 11.5. The lowest BCUT2D eigenvalue weighted by Gasteiger charge is -2.29. The van der Waals surface area contributed by atoms with Gasteiger partial charge in [0, 0.05) is 30.4 Å². The van der Waals surface area contributed by atoms with E-state index in [9.17, 15) is 18.8 Å². The van der Waals surface area contributed by atoms with Gasteiger partial charge in [-0.25, -0.2) is 9.18 Å². The monoisotopic (exact) mass is 444 g/mol. The minimum Gasteiger partial charge on any atom is -0.461 e. The molecule has 0 saturated heterocycles. The van der Waals surface area contributed by atoms with E-state index < -0.39 is 23.7 Å². The molecule has 0 aliphatic heterocycles.